The monoisotopic (exact) mass is 292 g/mol. The van der Waals surface area contributed by atoms with E-state index in [-0.39, 0.29) is 6.54 Å². The number of nitrogens with zero attached hydrogens (tertiary/aromatic N) is 3. The molecular weight excluding hydrogens is 276 g/mol. The fraction of sp³-hybridized carbons (Fsp3) is 0.308. The molecule has 0 bridgehead atoms. The van der Waals surface area contributed by atoms with Gasteiger partial charge in [-0.2, -0.15) is 5.10 Å². The summed E-state index contributed by atoms with van der Waals surface area (Å²) in [5.74, 6) is -0.938. The molecule has 112 valence electrons. The van der Waals surface area contributed by atoms with E-state index < -0.39 is 18.0 Å². The summed E-state index contributed by atoms with van der Waals surface area (Å²) in [6.07, 6.45) is 3.94. The average molecular weight is 292 g/mol. The number of aryl methyl sites for hydroxylation is 1. The van der Waals surface area contributed by atoms with Crippen LogP contribution in [0.1, 0.15) is 10.4 Å². The summed E-state index contributed by atoms with van der Waals surface area (Å²) in [4.78, 5) is 23.0. The van der Waals surface area contributed by atoms with E-state index in [0.717, 1.165) is 0 Å². The van der Waals surface area contributed by atoms with Crippen molar-refractivity contribution < 1.29 is 19.4 Å². The first-order valence-electron chi connectivity index (χ1n) is 6.23. The number of hydrogen-bond donors (Lipinski definition) is 2. The van der Waals surface area contributed by atoms with E-state index in [0.29, 0.717) is 11.4 Å². The quantitative estimate of drug-likeness (QED) is 0.783. The van der Waals surface area contributed by atoms with Crippen LogP contribution in [-0.2, 0) is 16.6 Å². The molecule has 1 unspecified atom stereocenters. The standard InChI is InChI=1S/C13H16N4O4/c1-16-12(17-5-3-4-6-17)9(7-15-16)11(18)14-8-10(21-2)13(19)20/h3-7,10H,8H2,1-2H3,(H,14,18)(H,19,20). The molecule has 2 aromatic rings. The zero-order valence-corrected chi connectivity index (χ0v) is 11.7. The van der Waals surface area contributed by atoms with Gasteiger partial charge in [-0.1, -0.05) is 0 Å². The maximum atomic E-state index is 12.2. The number of nitrogens with one attached hydrogen (secondary N) is 1. The molecule has 0 saturated heterocycles. The van der Waals surface area contributed by atoms with Crippen LogP contribution in [0.2, 0.25) is 0 Å². The van der Waals surface area contributed by atoms with E-state index in [1.54, 1.807) is 28.7 Å². The van der Waals surface area contributed by atoms with E-state index >= 15 is 0 Å². The summed E-state index contributed by atoms with van der Waals surface area (Å²) in [5, 5.41) is 15.5. The van der Waals surface area contributed by atoms with Gasteiger partial charge >= 0.3 is 5.97 Å². The van der Waals surface area contributed by atoms with Gasteiger partial charge in [-0.15, -0.1) is 0 Å². The Morgan fingerprint density at radius 1 is 1.43 bits per heavy atom. The van der Waals surface area contributed by atoms with Crippen LogP contribution in [0, 0.1) is 0 Å². The highest BCUT2D eigenvalue weighted by Gasteiger charge is 2.21. The summed E-state index contributed by atoms with van der Waals surface area (Å²) in [6.45, 7) is -0.120. The third-order valence-corrected chi connectivity index (χ3v) is 3.01. The SMILES string of the molecule is COC(CNC(=O)c1cnn(C)c1-n1cccc1)C(=O)O. The van der Waals surface area contributed by atoms with Gasteiger partial charge in [0.05, 0.1) is 12.7 Å². The van der Waals surface area contributed by atoms with Crippen LogP contribution < -0.4 is 5.32 Å². The smallest absolute Gasteiger partial charge is 0.334 e. The molecule has 0 aliphatic carbocycles. The molecule has 0 spiro atoms. The molecule has 2 heterocycles. The molecule has 1 atom stereocenters. The number of carbonyl (C=O) groups excluding carboxylic acids is 1. The van der Waals surface area contributed by atoms with Gasteiger partial charge in [0.1, 0.15) is 11.4 Å². The lowest BCUT2D eigenvalue weighted by molar-refractivity contribution is -0.148. The number of amides is 1. The molecule has 8 nitrogen and oxygen atoms in total. The van der Waals surface area contributed by atoms with E-state index in [9.17, 15) is 9.59 Å². The molecular formula is C13H16N4O4. The average Bonchev–Trinajstić information content (AvgIpc) is 3.07. The second kappa shape index (κ2) is 6.23. The summed E-state index contributed by atoms with van der Waals surface area (Å²) in [7, 11) is 3.00. The minimum absolute atomic E-state index is 0.120. The first kappa shape index (κ1) is 14.8. The Morgan fingerprint density at radius 3 is 2.67 bits per heavy atom. The molecule has 0 saturated carbocycles. The van der Waals surface area contributed by atoms with Crippen molar-refractivity contribution in [2.45, 2.75) is 6.10 Å². The van der Waals surface area contributed by atoms with Gasteiger partial charge in [-0.05, 0) is 12.1 Å². The van der Waals surface area contributed by atoms with Crippen LogP contribution in [0.25, 0.3) is 5.82 Å². The molecule has 2 aromatic heterocycles. The summed E-state index contributed by atoms with van der Waals surface area (Å²) in [5.41, 5.74) is 0.356. The largest absolute Gasteiger partial charge is 0.479 e. The molecule has 0 aliphatic rings. The fourth-order valence-corrected chi connectivity index (χ4v) is 1.93. The molecule has 0 fully saturated rings. The van der Waals surface area contributed by atoms with Gasteiger partial charge < -0.3 is 19.7 Å². The number of aromatic nitrogens is 3. The number of carboxylic acid groups (broad SMARTS) is 1. The Balaban J connectivity index is 2.16. The van der Waals surface area contributed by atoms with E-state index in [1.165, 1.54) is 13.3 Å². The van der Waals surface area contributed by atoms with Crippen molar-refractivity contribution in [3.8, 4) is 5.82 Å². The molecule has 0 radical (unpaired) electrons. The molecule has 2 N–H and O–H groups in total. The molecule has 1 amide bonds. The maximum Gasteiger partial charge on any atom is 0.334 e. The van der Waals surface area contributed by atoms with Crippen molar-refractivity contribution in [3.63, 3.8) is 0 Å². The fourth-order valence-electron chi connectivity index (χ4n) is 1.93. The number of ether oxygens (including phenoxy) is 1. The van der Waals surface area contributed by atoms with Crippen molar-refractivity contribution in [3.05, 3.63) is 36.3 Å². The third kappa shape index (κ3) is 3.11. The number of carbonyl (C=O) groups is 2. The van der Waals surface area contributed by atoms with Crippen molar-refractivity contribution in [1.82, 2.24) is 19.7 Å². The number of carboxylic acids is 1. The summed E-state index contributed by atoms with van der Waals surface area (Å²) >= 11 is 0. The van der Waals surface area contributed by atoms with Gasteiger partial charge in [-0.25, -0.2) is 4.79 Å². The van der Waals surface area contributed by atoms with Gasteiger partial charge in [0.25, 0.3) is 5.91 Å². The lowest BCUT2D eigenvalue weighted by atomic mass is 10.2. The predicted octanol–water partition coefficient (Wildman–Crippen LogP) is 0.0402. The number of hydrogen-bond acceptors (Lipinski definition) is 4. The summed E-state index contributed by atoms with van der Waals surface area (Å²) < 4.78 is 8.09. The predicted molar refractivity (Wildman–Crippen MR) is 73.3 cm³/mol. The highest BCUT2D eigenvalue weighted by Crippen LogP contribution is 2.13. The van der Waals surface area contributed by atoms with Crippen molar-refractivity contribution in [2.75, 3.05) is 13.7 Å². The van der Waals surface area contributed by atoms with Gasteiger partial charge in [0.15, 0.2) is 6.10 Å². The highest BCUT2D eigenvalue weighted by molar-refractivity contribution is 5.97. The molecule has 21 heavy (non-hydrogen) atoms. The Hall–Kier alpha value is -2.61. The zero-order chi connectivity index (χ0) is 15.4. The van der Waals surface area contributed by atoms with Crippen molar-refractivity contribution in [2.24, 2.45) is 7.05 Å². The van der Waals surface area contributed by atoms with Crippen LogP contribution in [0.5, 0.6) is 0 Å². The van der Waals surface area contributed by atoms with Gasteiger partial charge in [0.2, 0.25) is 0 Å². The first-order valence-corrected chi connectivity index (χ1v) is 6.23. The molecule has 2 rings (SSSR count). The Labute approximate surface area is 120 Å². The Kier molecular flexibility index (Phi) is 4.39. The zero-order valence-electron chi connectivity index (χ0n) is 11.7. The second-order valence-electron chi connectivity index (χ2n) is 4.37. The molecule has 0 aliphatic heterocycles. The van der Waals surface area contributed by atoms with Crippen LogP contribution >= 0.6 is 0 Å². The Bertz CT molecular complexity index is 633. The molecule has 0 aromatic carbocycles. The Morgan fingerprint density at radius 2 is 2.10 bits per heavy atom. The lowest BCUT2D eigenvalue weighted by Gasteiger charge is -2.12. The minimum atomic E-state index is -1.13. The van der Waals surface area contributed by atoms with Crippen LogP contribution in [0.3, 0.4) is 0 Å². The summed E-state index contributed by atoms with van der Waals surface area (Å²) in [6, 6.07) is 3.67. The maximum absolute atomic E-state index is 12.2. The third-order valence-electron chi connectivity index (χ3n) is 3.01. The van der Waals surface area contributed by atoms with Crippen LogP contribution in [0.15, 0.2) is 30.7 Å². The first-order chi connectivity index (χ1) is 10.0. The van der Waals surface area contributed by atoms with Gasteiger partial charge in [0, 0.05) is 26.6 Å². The lowest BCUT2D eigenvalue weighted by Crippen LogP contribution is -2.38. The molecule has 8 heteroatoms. The number of aliphatic carboxylic acids is 1. The van der Waals surface area contributed by atoms with Crippen LogP contribution in [-0.4, -0.2) is 51.1 Å². The van der Waals surface area contributed by atoms with Gasteiger partial charge in [-0.3, -0.25) is 9.48 Å². The minimum Gasteiger partial charge on any atom is -0.479 e. The van der Waals surface area contributed by atoms with E-state index in [2.05, 4.69) is 10.4 Å². The van der Waals surface area contributed by atoms with E-state index in [1.807, 2.05) is 12.1 Å². The normalized spacial score (nSPS) is 12.1. The van der Waals surface area contributed by atoms with Crippen LogP contribution in [0.4, 0.5) is 0 Å². The van der Waals surface area contributed by atoms with E-state index in [4.69, 9.17) is 9.84 Å². The highest BCUT2D eigenvalue weighted by atomic mass is 16.5. The number of rotatable bonds is 6. The van der Waals surface area contributed by atoms with Crippen molar-refractivity contribution in [1.29, 1.82) is 0 Å². The topological polar surface area (TPSA) is 98.4 Å². The number of methoxy groups -OCH3 is 1. The van der Waals surface area contributed by atoms with Crippen molar-refractivity contribution >= 4 is 11.9 Å². The second-order valence-corrected chi connectivity index (χ2v) is 4.37.